The number of rotatable bonds is 10. The molecule has 0 saturated carbocycles. The molecule has 6 aromatic rings. The van der Waals surface area contributed by atoms with Gasteiger partial charge in [0.25, 0.3) is 0 Å². The number of imidazole rings is 1. The Kier molecular flexibility index (Phi) is 6.96. The summed E-state index contributed by atoms with van der Waals surface area (Å²) in [5.74, 6) is 4.03. The third-order valence-electron chi connectivity index (χ3n) is 6.50. The minimum atomic E-state index is 0.335. The number of thiazole rings is 1. The minimum Gasteiger partial charge on any atom is -0.496 e. The Balaban J connectivity index is 1.21. The maximum absolute atomic E-state index is 6.29. The molecule has 0 aliphatic carbocycles. The summed E-state index contributed by atoms with van der Waals surface area (Å²) in [6.45, 7) is 2.74. The van der Waals surface area contributed by atoms with Crippen molar-refractivity contribution < 1.29 is 28.1 Å². The molecule has 6 rings (SSSR count). The second-order valence-electron chi connectivity index (χ2n) is 9.18. The predicted molar refractivity (Wildman–Crippen MR) is 154 cm³/mol. The first-order valence-electron chi connectivity index (χ1n) is 12.7. The molecule has 3 heterocycles. The zero-order valence-electron chi connectivity index (χ0n) is 22.6. The third-order valence-corrected chi connectivity index (χ3v) is 7.42. The van der Waals surface area contributed by atoms with E-state index in [2.05, 4.69) is 13.1 Å². The summed E-state index contributed by atoms with van der Waals surface area (Å²) >= 11 is 1.64. The van der Waals surface area contributed by atoms with Gasteiger partial charge in [-0.1, -0.05) is 24.3 Å². The molecule has 9 heteroatoms. The Morgan fingerprint density at radius 3 is 2.50 bits per heavy atom. The molecule has 0 aliphatic rings. The average Bonchev–Trinajstić information content (AvgIpc) is 3.67. The van der Waals surface area contributed by atoms with Crippen LogP contribution in [0.5, 0.6) is 28.7 Å². The highest BCUT2D eigenvalue weighted by Gasteiger charge is 2.16. The highest BCUT2D eigenvalue weighted by molar-refractivity contribution is 7.17. The van der Waals surface area contributed by atoms with E-state index in [4.69, 9.17) is 33.1 Å². The number of ether oxygens (including phenoxy) is 5. The second-order valence-corrected chi connectivity index (χ2v) is 10.4. The highest BCUT2D eigenvalue weighted by atomic mass is 32.1. The van der Waals surface area contributed by atoms with Crippen LogP contribution in [0.3, 0.4) is 0 Å². The van der Waals surface area contributed by atoms with Gasteiger partial charge in [0, 0.05) is 35.0 Å². The van der Waals surface area contributed by atoms with Crippen molar-refractivity contribution in [1.82, 2.24) is 9.38 Å². The fourth-order valence-corrected chi connectivity index (χ4v) is 5.40. The van der Waals surface area contributed by atoms with Crippen molar-refractivity contribution in [3.8, 4) is 40.2 Å². The summed E-state index contributed by atoms with van der Waals surface area (Å²) in [5, 5.41) is 0.848. The lowest BCUT2D eigenvalue weighted by Crippen LogP contribution is -2.01. The van der Waals surface area contributed by atoms with E-state index < -0.39 is 0 Å². The Labute approximate surface area is 235 Å². The van der Waals surface area contributed by atoms with Crippen LogP contribution in [0, 0.1) is 6.92 Å². The van der Waals surface area contributed by atoms with Crippen molar-refractivity contribution in [3.05, 3.63) is 89.1 Å². The lowest BCUT2D eigenvalue weighted by atomic mass is 10.2. The van der Waals surface area contributed by atoms with Crippen LogP contribution in [-0.2, 0) is 13.2 Å². The summed E-state index contributed by atoms with van der Waals surface area (Å²) in [5.41, 5.74) is 3.29. The van der Waals surface area contributed by atoms with Gasteiger partial charge >= 0.3 is 0 Å². The maximum atomic E-state index is 6.29. The van der Waals surface area contributed by atoms with E-state index in [1.165, 1.54) is 4.88 Å². The number of methoxy groups -OCH3 is 3. The van der Waals surface area contributed by atoms with Crippen molar-refractivity contribution in [2.75, 3.05) is 21.3 Å². The molecule has 40 heavy (non-hydrogen) atoms. The van der Waals surface area contributed by atoms with Gasteiger partial charge in [0.15, 0.2) is 22.2 Å². The molecule has 0 atom stereocenters. The summed E-state index contributed by atoms with van der Waals surface area (Å²) < 4.78 is 37.0. The Morgan fingerprint density at radius 1 is 0.825 bits per heavy atom. The van der Waals surface area contributed by atoms with Crippen LogP contribution in [0.4, 0.5) is 0 Å². The molecule has 0 radical (unpaired) electrons. The average molecular weight is 557 g/mol. The van der Waals surface area contributed by atoms with Crippen molar-refractivity contribution in [2.45, 2.75) is 20.1 Å². The van der Waals surface area contributed by atoms with Crippen LogP contribution in [0.25, 0.3) is 27.4 Å². The number of benzene rings is 3. The zero-order chi connectivity index (χ0) is 27.6. The van der Waals surface area contributed by atoms with Crippen LogP contribution >= 0.6 is 11.3 Å². The van der Waals surface area contributed by atoms with E-state index in [0.717, 1.165) is 32.9 Å². The maximum Gasteiger partial charge on any atom is 0.194 e. The van der Waals surface area contributed by atoms with E-state index >= 15 is 0 Å². The fourth-order valence-electron chi connectivity index (χ4n) is 4.59. The molecule has 0 amide bonds. The Hall–Kier alpha value is -4.63. The van der Waals surface area contributed by atoms with Crippen LogP contribution in [-0.4, -0.2) is 30.7 Å². The van der Waals surface area contributed by atoms with Crippen molar-refractivity contribution in [1.29, 1.82) is 0 Å². The first kappa shape index (κ1) is 25.6. The van der Waals surface area contributed by atoms with Gasteiger partial charge in [-0.2, -0.15) is 0 Å². The third kappa shape index (κ3) is 5.03. The summed E-state index contributed by atoms with van der Waals surface area (Å²) in [6, 6.07) is 19.2. The smallest absolute Gasteiger partial charge is 0.194 e. The molecule has 3 aromatic carbocycles. The van der Waals surface area contributed by atoms with Crippen LogP contribution in [0.2, 0.25) is 0 Å². The number of para-hydroxylation sites is 1. The van der Waals surface area contributed by atoms with Gasteiger partial charge in [-0.25, -0.2) is 4.98 Å². The van der Waals surface area contributed by atoms with Gasteiger partial charge in [-0.3, -0.25) is 4.40 Å². The molecule has 0 N–H and O–H groups in total. The molecule has 0 spiro atoms. The van der Waals surface area contributed by atoms with Gasteiger partial charge in [0.05, 0.1) is 26.7 Å². The first-order chi connectivity index (χ1) is 19.5. The van der Waals surface area contributed by atoms with Crippen LogP contribution in [0.1, 0.15) is 16.0 Å². The second kappa shape index (κ2) is 10.9. The van der Waals surface area contributed by atoms with Crippen molar-refractivity contribution in [3.63, 3.8) is 0 Å². The van der Waals surface area contributed by atoms with E-state index in [-0.39, 0.29) is 0 Å². The molecule has 204 valence electrons. The summed E-state index contributed by atoms with van der Waals surface area (Å²) in [4.78, 5) is 6.85. The van der Waals surface area contributed by atoms with Gasteiger partial charge < -0.3 is 28.1 Å². The van der Waals surface area contributed by atoms with Gasteiger partial charge in [-0.05, 0) is 36.8 Å². The van der Waals surface area contributed by atoms with Crippen molar-refractivity contribution >= 4 is 27.3 Å². The first-order valence-corrected chi connectivity index (χ1v) is 13.5. The van der Waals surface area contributed by atoms with Crippen molar-refractivity contribution in [2.24, 2.45) is 0 Å². The standard InChI is InChI=1S/C31H28N2O6S/c1-19-15-33-16-25(32-31(33)40-19)29-14-24-27(12-23(34-2)13-28(24)39-29)38-17-20-7-5-9-22(11-20)37-18-21-8-6-10-26(35-3)30(21)36-4/h5-16H,17-18H2,1-4H3. The van der Waals surface area contributed by atoms with Gasteiger partial charge in [0.2, 0.25) is 0 Å². The number of aryl methyl sites for hydroxylation is 1. The molecule has 0 bridgehead atoms. The molecule has 0 aliphatic heterocycles. The van der Waals surface area contributed by atoms with E-state index in [0.29, 0.717) is 47.6 Å². The van der Waals surface area contributed by atoms with E-state index in [1.54, 1.807) is 32.7 Å². The number of aromatic nitrogens is 2. The monoisotopic (exact) mass is 556 g/mol. The number of nitrogens with zero attached hydrogens (tertiary/aromatic N) is 2. The van der Waals surface area contributed by atoms with Gasteiger partial charge in [-0.15, -0.1) is 11.3 Å². The molecular formula is C31H28N2O6S. The number of hydrogen-bond donors (Lipinski definition) is 0. The molecule has 8 nitrogen and oxygen atoms in total. The lowest BCUT2D eigenvalue weighted by Gasteiger charge is -2.14. The normalized spacial score (nSPS) is 11.2. The molecule has 3 aromatic heterocycles. The molecule has 0 saturated heterocycles. The van der Waals surface area contributed by atoms with Gasteiger partial charge in [0.1, 0.15) is 41.7 Å². The van der Waals surface area contributed by atoms with E-state index in [9.17, 15) is 0 Å². The molecule has 0 fully saturated rings. The molecule has 0 unspecified atom stereocenters. The zero-order valence-corrected chi connectivity index (χ0v) is 23.4. The number of hydrogen-bond acceptors (Lipinski definition) is 8. The highest BCUT2D eigenvalue weighted by Crippen LogP contribution is 2.38. The van der Waals surface area contributed by atoms with E-state index in [1.807, 2.05) is 71.3 Å². The predicted octanol–water partition coefficient (Wildman–Crippen LogP) is 7.30. The minimum absolute atomic E-state index is 0.335. The topological polar surface area (TPSA) is 76.6 Å². The SMILES string of the molecule is COc1cc(OCc2cccc(OCc3cccc(OC)c3OC)c2)c2cc(-c3cn4cc(C)sc4n3)oc2c1. The summed E-state index contributed by atoms with van der Waals surface area (Å²) in [7, 11) is 4.86. The largest absolute Gasteiger partial charge is 0.496 e. The number of furan rings is 1. The lowest BCUT2D eigenvalue weighted by molar-refractivity contribution is 0.287. The quantitative estimate of drug-likeness (QED) is 0.175. The van der Waals surface area contributed by atoms with Crippen LogP contribution in [0.15, 0.2) is 77.5 Å². The Bertz CT molecular complexity index is 1770. The fraction of sp³-hybridized carbons (Fsp3) is 0.194. The van der Waals surface area contributed by atoms with Crippen LogP contribution < -0.4 is 23.7 Å². The summed E-state index contributed by atoms with van der Waals surface area (Å²) in [6.07, 6.45) is 4.03. The molecular weight excluding hydrogens is 528 g/mol. The Morgan fingerprint density at radius 2 is 1.70 bits per heavy atom. The number of fused-ring (bicyclic) bond motifs is 2.